The third-order valence-electron chi connectivity index (χ3n) is 5.62. The molecule has 0 spiro atoms. The number of aryl methyl sites for hydroxylation is 1. The summed E-state index contributed by atoms with van der Waals surface area (Å²) in [5.74, 6) is -0.111. The summed E-state index contributed by atoms with van der Waals surface area (Å²) in [5, 5.41) is 19.5. The van der Waals surface area contributed by atoms with Gasteiger partial charge in [-0.15, -0.1) is 11.3 Å². The van der Waals surface area contributed by atoms with Crippen molar-refractivity contribution in [2.24, 2.45) is 5.41 Å². The number of aliphatic hydroxyl groups is 1. The van der Waals surface area contributed by atoms with Gasteiger partial charge in [0.15, 0.2) is 0 Å². The van der Waals surface area contributed by atoms with Crippen LogP contribution in [0.2, 0.25) is 0 Å². The summed E-state index contributed by atoms with van der Waals surface area (Å²) in [6.07, 6.45) is 1.22. The maximum Gasteiger partial charge on any atom is 0.345 e. The Morgan fingerprint density at radius 2 is 1.79 bits per heavy atom. The van der Waals surface area contributed by atoms with Crippen molar-refractivity contribution in [2.45, 2.75) is 65.9 Å². The van der Waals surface area contributed by atoms with Crippen LogP contribution in [0, 0.1) is 12.3 Å². The van der Waals surface area contributed by atoms with E-state index in [9.17, 15) is 15.0 Å². The van der Waals surface area contributed by atoms with E-state index in [1.54, 1.807) is 6.07 Å². The number of thiophene rings is 1. The van der Waals surface area contributed by atoms with Crippen LogP contribution in [0.1, 0.15) is 73.1 Å². The molecule has 1 heterocycles. The van der Waals surface area contributed by atoms with Crippen LogP contribution >= 0.6 is 11.3 Å². The van der Waals surface area contributed by atoms with Crippen LogP contribution < -0.4 is 4.74 Å². The van der Waals surface area contributed by atoms with Crippen LogP contribution in [-0.2, 0) is 5.41 Å². The van der Waals surface area contributed by atoms with Crippen molar-refractivity contribution >= 4 is 17.3 Å². The van der Waals surface area contributed by atoms with Crippen LogP contribution in [0.3, 0.4) is 0 Å². The summed E-state index contributed by atoms with van der Waals surface area (Å²) in [6.45, 7) is 12.5. The molecular weight excluding hydrogens is 372 g/mol. The maximum absolute atomic E-state index is 11.3. The minimum absolute atomic E-state index is 0.216. The van der Waals surface area contributed by atoms with Gasteiger partial charge in [-0.05, 0) is 54.5 Å². The van der Waals surface area contributed by atoms with E-state index in [0.29, 0.717) is 4.88 Å². The fraction of sp³-hybridized carbons (Fsp3) is 0.522. The van der Waals surface area contributed by atoms with Gasteiger partial charge < -0.3 is 14.9 Å². The number of hydrogen-bond donors (Lipinski definition) is 2. The van der Waals surface area contributed by atoms with E-state index in [2.05, 4.69) is 26.0 Å². The van der Waals surface area contributed by atoms with E-state index in [0.717, 1.165) is 34.6 Å². The number of carboxylic acids is 1. The van der Waals surface area contributed by atoms with Crippen LogP contribution in [0.25, 0.3) is 0 Å². The van der Waals surface area contributed by atoms with Gasteiger partial charge in [-0.2, -0.15) is 0 Å². The van der Waals surface area contributed by atoms with Gasteiger partial charge in [0.1, 0.15) is 17.2 Å². The van der Waals surface area contributed by atoms with Crippen LogP contribution in [0.4, 0.5) is 0 Å². The number of ether oxygens (including phenoxy) is 1. The lowest BCUT2D eigenvalue weighted by atomic mass is 9.74. The number of benzene rings is 1. The van der Waals surface area contributed by atoms with Crippen molar-refractivity contribution in [1.82, 2.24) is 0 Å². The molecule has 1 aromatic carbocycles. The molecule has 28 heavy (non-hydrogen) atoms. The molecule has 0 amide bonds. The minimum atomic E-state index is -0.880. The summed E-state index contributed by atoms with van der Waals surface area (Å²) in [6, 6.07) is 9.80. The molecule has 0 aliphatic carbocycles. The Kier molecular flexibility index (Phi) is 6.94. The van der Waals surface area contributed by atoms with Gasteiger partial charge in [0.25, 0.3) is 0 Å². The molecule has 0 aliphatic rings. The molecule has 0 radical (unpaired) electrons. The fourth-order valence-electron chi connectivity index (χ4n) is 3.39. The largest absolute Gasteiger partial charge is 0.491 e. The first-order valence-electron chi connectivity index (χ1n) is 9.80. The maximum atomic E-state index is 11.3. The lowest BCUT2D eigenvalue weighted by Gasteiger charge is -2.32. The lowest BCUT2D eigenvalue weighted by molar-refractivity contribution is 0.0216. The molecule has 5 heteroatoms. The first kappa shape index (κ1) is 22.4. The Hall–Kier alpha value is -1.85. The van der Waals surface area contributed by atoms with Gasteiger partial charge in [0.2, 0.25) is 0 Å². The average Bonchev–Trinajstić information content (AvgIpc) is 3.12. The minimum Gasteiger partial charge on any atom is -0.491 e. The molecular formula is C23H32O4S. The van der Waals surface area contributed by atoms with Gasteiger partial charge in [-0.25, -0.2) is 4.79 Å². The number of carbonyl (C=O) groups is 1. The monoisotopic (exact) mass is 404 g/mol. The highest BCUT2D eigenvalue weighted by Crippen LogP contribution is 2.43. The molecule has 2 aromatic rings. The Labute approximate surface area is 172 Å². The molecule has 1 aromatic heterocycles. The van der Waals surface area contributed by atoms with Crippen molar-refractivity contribution < 1.29 is 19.7 Å². The first-order valence-corrected chi connectivity index (χ1v) is 10.6. The molecule has 4 nitrogen and oxygen atoms in total. The molecule has 154 valence electrons. The van der Waals surface area contributed by atoms with Crippen LogP contribution in [-0.4, -0.2) is 28.9 Å². The highest BCUT2D eigenvalue weighted by molar-refractivity contribution is 7.14. The van der Waals surface area contributed by atoms with E-state index < -0.39 is 12.1 Å². The van der Waals surface area contributed by atoms with E-state index >= 15 is 0 Å². The van der Waals surface area contributed by atoms with Crippen molar-refractivity contribution in [1.29, 1.82) is 0 Å². The zero-order valence-electron chi connectivity index (χ0n) is 17.7. The molecule has 0 bridgehead atoms. The van der Waals surface area contributed by atoms with Crippen LogP contribution in [0.5, 0.6) is 5.75 Å². The summed E-state index contributed by atoms with van der Waals surface area (Å²) in [7, 11) is 0. The van der Waals surface area contributed by atoms with Gasteiger partial charge in [-0.1, -0.05) is 46.8 Å². The van der Waals surface area contributed by atoms with Gasteiger partial charge in [-0.3, -0.25) is 0 Å². The predicted molar refractivity (Wildman–Crippen MR) is 115 cm³/mol. The van der Waals surface area contributed by atoms with Crippen molar-refractivity contribution in [3.05, 3.63) is 51.2 Å². The number of rotatable bonds is 8. The summed E-state index contributed by atoms with van der Waals surface area (Å²) >= 11 is 1.36. The molecule has 2 N–H and O–H groups in total. The second kappa shape index (κ2) is 8.66. The number of aromatic carboxylic acids is 1. The van der Waals surface area contributed by atoms with Gasteiger partial charge in [0, 0.05) is 10.3 Å². The van der Waals surface area contributed by atoms with Crippen molar-refractivity contribution in [3.8, 4) is 5.75 Å². The zero-order valence-corrected chi connectivity index (χ0v) is 18.5. The van der Waals surface area contributed by atoms with E-state index in [-0.39, 0.29) is 17.4 Å². The molecule has 0 fully saturated rings. The number of carboxylic acid groups (broad SMARTS) is 1. The molecule has 1 unspecified atom stereocenters. The van der Waals surface area contributed by atoms with Crippen molar-refractivity contribution in [3.63, 3.8) is 0 Å². The molecule has 2 rings (SSSR count). The standard InChI is InChI=1S/C23H32O4S/c1-7-23(8-2,20-12-11-18(28-20)21(25)26)16-9-10-17(15(3)13-16)27-14-19(24)22(4,5)6/h9-13,19,24H,7-8,14H2,1-6H3,(H,25,26). The summed E-state index contributed by atoms with van der Waals surface area (Å²) in [4.78, 5) is 12.8. The van der Waals surface area contributed by atoms with E-state index in [1.165, 1.54) is 11.3 Å². The topological polar surface area (TPSA) is 66.8 Å². The Morgan fingerprint density at radius 1 is 1.14 bits per heavy atom. The highest BCUT2D eigenvalue weighted by atomic mass is 32.1. The summed E-state index contributed by atoms with van der Waals surface area (Å²) < 4.78 is 5.88. The normalized spacial score (nSPS) is 13.4. The average molecular weight is 405 g/mol. The van der Waals surface area contributed by atoms with E-state index in [1.807, 2.05) is 39.8 Å². The van der Waals surface area contributed by atoms with Crippen molar-refractivity contribution in [2.75, 3.05) is 6.61 Å². The smallest absolute Gasteiger partial charge is 0.345 e. The van der Waals surface area contributed by atoms with Crippen LogP contribution in [0.15, 0.2) is 30.3 Å². The zero-order chi connectivity index (χ0) is 21.1. The van der Waals surface area contributed by atoms with E-state index in [4.69, 9.17) is 4.74 Å². The quantitative estimate of drug-likeness (QED) is 0.597. The predicted octanol–water partition coefficient (Wildman–Crippen LogP) is 5.65. The first-order chi connectivity index (χ1) is 13.0. The number of hydrogen-bond acceptors (Lipinski definition) is 4. The number of aliphatic hydroxyl groups excluding tert-OH is 1. The fourth-order valence-corrected chi connectivity index (χ4v) is 4.59. The molecule has 0 saturated carbocycles. The highest BCUT2D eigenvalue weighted by Gasteiger charge is 2.33. The summed E-state index contributed by atoms with van der Waals surface area (Å²) in [5.41, 5.74) is 1.73. The van der Waals surface area contributed by atoms with Gasteiger partial charge in [0.05, 0.1) is 6.10 Å². The third kappa shape index (κ3) is 4.58. The SMILES string of the molecule is CCC(CC)(c1ccc(OCC(O)C(C)(C)C)c(C)c1)c1ccc(C(=O)O)s1. The Bertz CT molecular complexity index is 812. The Morgan fingerprint density at radius 3 is 2.25 bits per heavy atom. The Balaban J connectivity index is 2.33. The second-order valence-corrected chi connectivity index (χ2v) is 9.52. The molecule has 1 atom stereocenters. The molecule has 0 aliphatic heterocycles. The third-order valence-corrected chi connectivity index (χ3v) is 6.90. The molecule has 0 saturated heterocycles. The lowest BCUT2D eigenvalue weighted by Crippen LogP contribution is -2.32. The second-order valence-electron chi connectivity index (χ2n) is 8.43. The van der Waals surface area contributed by atoms with Gasteiger partial charge >= 0.3 is 5.97 Å².